The van der Waals surface area contributed by atoms with Crippen LogP contribution in [0.5, 0.6) is 0 Å². The minimum Gasteiger partial charge on any atom is -0.368 e. The maximum atomic E-state index is 12.7. The van der Waals surface area contributed by atoms with Crippen LogP contribution in [0.1, 0.15) is 23.6 Å². The van der Waals surface area contributed by atoms with Crippen LogP contribution < -0.4 is 16.4 Å². The zero-order valence-corrected chi connectivity index (χ0v) is 16.2. The molecule has 0 fully saturated rings. The summed E-state index contributed by atoms with van der Waals surface area (Å²) in [5.41, 5.74) is 5.74. The van der Waals surface area contributed by atoms with E-state index < -0.39 is 41.5 Å². The van der Waals surface area contributed by atoms with Crippen molar-refractivity contribution in [3.05, 3.63) is 71.3 Å². The van der Waals surface area contributed by atoms with Gasteiger partial charge in [-0.2, -0.15) is 13.2 Å². The quantitative estimate of drug-likeness (QED) is 0.607. The molecule has 0 spiro atoms. The molecule has 0 aliphatic heterocycles. The fourth-order valence-corrected chi connectivity index (χ4v) is 2.87. The molecule has 3 amide bonds. The first kappa shape index (κ1) is 22.9. The third-order valence-corrected chi connectivity index (χ3v) is 4.36. The summed E-state index contributed by atoms with van der Waals surface area (Å²) in [6, 6.07) is 11.1. The van der Waals surface area contributed by atoms with E-state index in [2.05, 4.69) is 10.6 Å². The number of nitrogens with one attached hydrogen (secondary N) is 2. The van der Waals surface area contributed by atoms with Gasteiger partial charge in [-0.3, -0.25) is 14.4 Å². The van der Waals surface area contributed by atoms with Gasteiger partial charge in [-0.15, -0.1) is 0 Å². The number of benzene rings is 2. The summed E-state index contributed by atoms with van der Waals surface area (Å²) >= 11 is 0. The zero-order chi connectivity index (χ0) is 22.3. The third kappa shape index (κ3) is 6.91. The number of hydrogen-bond acceptors (Lipinski definition) is 3. The summed E-state index contributed by atoms with van der Waals surface area (Å²) < 4.78 is 38.1. The Kier molecular flexibility index (Phi) is 7.57. The monoisotopic (exact) mass is 421 g/mol. The Bertz CT molecular complexity index is 884. The van der Waals surface area contributed by atoms with Crippen molar-refractivity contribution in [1.29, 1.82) is 0 Å². The van der Waals surface area contributed by atoms with Crippen molar-refractivity contribution < 1.29 is 27.6 Å². The second-order valence-corrected chi connectivity index (χ2v) is 6.81. The van der Waals surface area contributed by atoms with Crippen molar-refractivity contribution in [3.8, 4) is 0 Å². The number of halogens is 3. The normalized spacial score (nSPS) is 13.2. The van der Waals surface area contributed by atoms with Crippen molar-refractivity contribution >= 4 is 17.7 Å². The maximum absolute atomic E-state index is 12.7. The Morgan fingerprint density at radius 1 is 0.867 bits per heavy atom. The highest BCUT2D eigenvalue weighted by Crippen LogP contribution is 2.29. The van der Waals surface area contributed by atoms with E-state index >= 15 is 0 Å². The van der Waals surface area contributed by atoms with E-state index in [1.54, 1.807) is 24.3 Å². The summed E-state index contributed by atoms with van der Waals surface area (Å²) in [6.45, 7) is 1.26. The average molecular weight is 421 g/mol. The summed E-state index contributed by atoms with van der Waals surface area (Å²) in [6.07, 6.45) is -4.37. The summed E-state index contributed by atoms with van der Waals surface area (Å²) in [5, 5.41) is 5.02. The number of amides is 3. The van der Waals surface area contributed by atoms with Crippen molar-refractivity contribution in [2.24, 2.45) is 5.73 Å². The van der Waals surface area contributed by atoms with Gasteiger partial charge in [0.2, 0.25) is 17.7 Å². The van der Waals surface area contributed by atoms with Crippen molar-refractivity contribution in [3.63, 3.8) is 0 Å². The Morgan fingerprint density at radius 2 is 1.40 bits per heavy atom. The van der Waals surface area contributed by atoms with Gasteiger partial charge < -0.3 is 16.4 Å². The van der Waals surface area contributed by atoms with Gasteiger partial charge in [0.25, 0.3) is 0 Å². The molecule has 2 aromatic carbocycles. The Morgan fingerprint density at radius 3 is 1.90 bits per heavy atom. The third-order valence-electron chi connectivity index (χ3n) is 4.36. The lowest BCUT2D eigenvalue weighted by atomic mass is 10.0. The van der Waals surface area contributed by atoms with Crippen molar-refractivity contribution in [2.75, 3.05) is 0 Å². The van der Waals surface area contributed by atoms with Crippen LogP contribution in [-0.2, 0) is 33.4 Å². The van der Waals surface area contributed by atoms with Crippen LogP contribution in [0.15, 0.2) is 54.6 Å². The van der Waals surface area contributed by atoms with Crippen LogP contribution in [0.2, 0.25) is 0 Å². The topological polar surface area (TPSA) is 101 Å². The molecule has 160 valence electrons. The number of nitrogens with two attached hydrogens (primary N) is 1. The Labute approximate surface area is 171 Å². The highest BCUT2D eigenvalue weighted by atomic mass is 19.4. The fraction of sp³-hybridized carbons (Fsp3) is 0.286. The van der Waals surface area contributed by atoms with Gasteiger partial charge in [-0.05, 0) is 23.3 Å². The van der Waals surface area contributed by atoms with E-state index in [0.29, 0.717) is 5.56 Å². The second-order valence-electron chi connectivity index (χ2n) is 6.81. The van der Waals surface area contributed by atoms with E-state index in [1.165, 1.54) is 19.1 Å². The molecule has 2 aromatic rings. The highest BCUT2D eigenvalue weighted by molar-refractivity contribution is 5.91. The lowest BCUT2D eigenvalue weighted by Crippen LogP contribution is -2.54. The largest absolute Gasteiger partial charge is 0.416 e. The number of primary amides is 1. The van der Waals surface area contributed by atoms with Gasteiger partial charge in [0, 0.05) is 19.8 Å². The molecule has 0 saturated heterocycles. The predicted octanol–water partition coefficient (Wildman–Crippen LogP) is 1.97. The molecule has 9 heteroatoms. The first-order valence-corrected chi connectivity index (χ1v) is 9.13. The molecule has 30 heavy (non-hydrogen) atoms. The fourth-order valence-electron chi connectivity index (χ4n) is 2.87. The van der Waals surface area contributed by atoms with E-state index in [9.17, 15) is 27.6 Å². The van der Waals surface area contributed by atoms with Crippen LogP contribution in [-0.4, -0.2) is 29.8 Å². The van der Waals surface area contributed by atoms with Crippen LogP contribution in [0.25, 0.3) is 0 Å². The number of carbonyl (C=O) groups excluding carboxylic acids is 3. The predicted molar refractivity (Wildman–Crippen MR) is 104 cm³/mol. The van der Waals surface area contributed by atoms with Gasteiger partial charge in [-0.1, -0.05) is 42.5 Å². The molecule has 4 N–H and O–H groups in total. The van der Waals surface area contributed by atoms with Gasteiger partial charge in [0.15, 0.2) is 0 Å². The minimum atomic E-state index is -4.47. The lowest BCUT2D eigenvalue weighted by molar-refractivity contribution is -0.137. The molecule has 0 aliphatic rings. The molecule has 6 nitrogen and oxygen atoms in total. The van der Waals surface area contributed by atoms with E-state index in [1.807, 2.05) is 6.07 Å². The number of alkyl halides is 3. The summed E-state index contributed by atoms with van der Waals surface area (Å²) in [7, 11) is 0. The van der Waals surface area contributed by atoms with Crippen LogP contribution >= 0.6 is 0 Å². The summed E-state index contributed by atoms with van der Waals surface area (Å²) in [4.78, 5) is 36.0. The SMILES string of the molecule is CC(=O)N[C@H](Cc1ccccc1)C(=O)N[C@@H](Cc1ccc(C(F)(F)F)cc1)C(N)=O. The first-order chi connectivity index (χ1) is 14.1. The molecule has 0 bridgehead atoms. The standard InChI is InChI=1S/C21H22F3N3O3/c1-13(28)26-18(12-14-5-3-2-4-6-14)20(30)27-17(19(25)29)11-15-7-9-16(10-8-15)21(22,23)24/h2-10,17-18H,11-12H2,1H3,(H2,25,29)(H,26,28)(H,27,30)/t17-,18+/m0/s1. The summed E-state index contributed by atoms with van der Waals surface area (Å²) in [5.74, 6) is -1.89. The molecule has 2 atom stereocenters. The van der Waals surface area contributed by atoms with E-state index in [4.69, 9.17) is 5.73 Å². The van der Waals surface area contributed by atoms with Gasteiger partial charge >= 0.3 is 6.18 Å². The van der Waals surface area contributed by atoms with Gasteiger partial charge in [0.05, 0.1) is 5.56 Å². The molecule has 0 radical (unpaired) electrons. The van der Waals surface area contributed by atoms with Crippen molar-refractivity contribution in [2.45, 2.75) is 38.0 Å². The van der Waals surface area contributed by atoms with E-state index in [-0.39, 0.29) is 12.8 Å². The molecular formula is C21H22F3N3O3. The number of carbonyl (C=O) groups is 3. The number of hydrogen-bond donors (Lipinski definition) is 3. The molecule has 0 aliphatic carbocycles. The molecule has 0 aromatic heterocycles. The molecule has 0 unspecified atom stereocenters. The van der Waals surface area contributed by atoms with Gasteiger partial charge in [0.1, 0.15) is 12.1 Å². The van der Waals surface area contributed by atoms with E-state index in [0.717, 1.165) is 17.7 Å². The minimum absolute atomic E-state index is 0.0860. The smallest absolute Gasteiger partial charge is 0.368 e. The van der Waals surface area contributed by atoms with Crippen LogP contribution in [0.4, 0.5) is 13.2 Å². The highest BCUT2D eigenvalue weighted by Gasteiger charge is 2.30. The van der Waals surface area contributed by atoms with Crippen LogP contribution in [0, 0.1) is 0 Å². The van der Waals surface area contributed by atoms with Crippen LogP contribution in [0.3, 0.4) is 0 Å². The Hall–Kier alpha value is -3.36. The average Bonchev–Trinajstić information content (AvgIpc) is 2.67. The second kappa shape index (κ2) is 9.91. The number of rotatable bonds is 8. The molecule has 0 saturated carbocycles. The lowest BCUT2D eigenvalue weighted by Gasteiger charge is -2.22. The Balaban J connectivity index is 2.11. The maximum Gasteiger partial charge on any atom is 0.416 e. The molecular weight excluding hydrogens is 399 g/mol. The zero-order valence-electron chi connectivity index (χ0n) is 16.2. The molecule has 0 heterocycles. The van der Waals surface area contributed by atoms with Crippen molar-refractivity contribution in [1.82, 2.24) is 10.6 Å². The first-order valence-electron chi connectivity index (χ1n) is 9.13. The molecule has 2 rings (SSSR count). The van der Waals surface area contributed by atoms with Gasteiger partial charge in [-0.25, -0.2) is 0 Å².